The maximum atomic E-state index is 5.84. The molecule has 0 unspecified atom stereocenters. The summed E-state index contributed by atoms with van der Waals surface area (Å²) in [5.41, 5.74) is 8.08. The van der Waals surface area contributed by atoms with Crippen LogP contribution in [0.15, 0.2) is 23.2 Å². The van der Waals surface area contributed by atoms with Gasteiger partial charge in [0, 0.05) is 12.1 Å². The van der Waals surface area contributed by atoms with E-state index in [1.54, 1.807) is 0 Å². The van der Waals surface area contributed by atoms with Crippen LogP contribution in [0.5, 0.6) is 5.75 Å². The van der Waals surface area contributed by atoms with Crippen LogP contribution in [0.25, 0.3) is 0 Å². The van der Waals surface area contributed by atoms with Crippen LogP contribution in [0.4, 0.5) is 0 Å². The number of ether oxygens (including phenoxy) is 1. The van der Waals surface area contributed by atoms with Gasteiger partial charge in [-0.1, -0.05) is 25.5 Å². The second-order valence-electron chi connectivity index (χ2n) is 5.26. The Morgan fingerprint density at radius 1 is 1.40 bits per heavy atom. The number of aliphatic imine (C=N–C) groups is 1. The lowest BCUT2D eigenvalue weighted by Crippen LogP contribution is -2.32. The highest BCUT2D eigenvalue weighted by Gasteiger charge is 2.06. The van der Waals surface area contributed by atoms with E-state index < -0.39 is 0 Å². The van der Waals surface area contributed by atoms with Crippen molar-refractivity contribution in [3.63, 3.8) is 0 Å². The van der Waals surface area contributed by atoms with Crippen LogP contribution < -0.4 is 15.8 Å². The monoisotopic (exact) mass is 277 g/mol. The van der Waals surface area contributed by atoms with Gasteiger partial charge in [-0.25, -0.2) is 4.99 Å². The summed E-state index contributed by atoms with van der Waals surface area (Å²) in [6.45, 7) is 9.66. The minimum atomic E-state index is 0.152. The van der Waals surface area contributed by atoms with Gasteiger partial charge in [-0.15, -0.1) is 0 Å². The molecule has 112 valence electrons. The molecule has 0 aliphatic rings. The number of aryl methyl sites for hydroxylation is 1. The zero-order valence-electron chi connectivity index (χ0n) is 13.1. The summed E-state index contributed by atoms with van der Waals surface area (Å²) in [4.78, 5) is 4.37. The minimum Gasteiger partial charge on any atom is -0.491 e. The normalized spacial score (nSPS) is 11.8. The van der Waals surface area contributed by atoms with E-state index in [0.717, 1.165) is 30.7 Å². The van der Waals surface area contributed by atoms with E-state index in [9.17, 15) is 0 Å². The van der Waals surface area contributed by atoms with Crippen molar-refractivity contribution >= 4 is 5.96 Å². The predicted octanol–water partition coefficient (Wildman–Crippen LogP) is 2.99. The highest BCUT2D eigenvalue weighted by molar-refractivity contribution is 5.77. The highest BCUT2D eigenvalue weighted by Crippen LogP contribution is 2.22. The van der Waals surface area contributed by atoms with E-state index >= 15 is 0 Å². The lowest BCUT2D eigenvalue weighted by Gasteiger charge is -2.14. The van der Waals surface area contributed by atoms with Gasteiger partial charge in [-0.05, 0) is 38.8 Å². The zero-order valence-corrected chi connectivity index (χ0v) is 13.1. The molecule has 1 aromatic rings. The molecule has 3 N–H and O–H groups in total. The molecule has 0 amide bonds. The number of nitrogens with two attached hydrogens (primary N) is 1. The molecule has 0 heterocycles. The van der Waals surface area contributed by atoms with Crippen LogP contribution in [0, 0.1) is 6.92 Å². The lowest BCUT2D eigenvalue weighted by molar-refractivity contribution is 0.240. The fourth-order valence-electron chi connectivity index (χ4n) is 1.78. The number of nitrogens with one attached hydrogen (secondary N) is 1. The Balaban J connectivity index is 2.68. The molecular formula is C16H27N3O. The van der Waals surface area contributed by atoms with Crippen molar-refractivity contribution in [1.82, 2.24) is 5.32 Å². The number of hydrogen-bond donors (Lipinski definition) is 2. The van der Waals surface area contributed by atoms with Crippen molar-refractivity contribution in [3.8, 4) is 5.75 Å². The number of unbranched alkanes of at least 4 members (excludes halogenated alkanes) is 1. The first kappa shape index (κ1) is 16.3. The quantitative estimate of drug-likeness (QED) is 0.457. The molecule has 0 saturated heterocycles. The van der Waals surface area contributed by atoms with Gasteiger partial charge in [0.2, 0.25) is 0 Å². The van der Waals surface area contributed by atoms with Gasteiger partial charge < -0.3 is 15.8 Å². The first-order chi connectivity index (χ1) is 9.52. The molecule has 1 rings (SSSR count). The van der Waals surface area contributed by atoms with Gasteiger partial charge in [0.05, 0.1) is 12.6 Å². The van der Waals surface area contributed by atoms with Crippen LogP contribution in [0.1, 0.15) is 44.7 Å². The van der Waals surface area contributed by atoms with Gasteiger partial charge in [-0.2, -0.15) is 0 Å². The van der Waals surface area contributed by atoms with Crippen LogP contribution in [-0.2, 0) is 6.54 Å². The average molecular weight is 277 g/mol. The molecule has 0 spiro atoms. The Kier molecular flexibility index (Phi) is 6.91. The summed E-state index contributed by atoms with van der Waals surface area (Å²) in [7, 11) is 0. The Morgan fingerprint density at radius 2 is 2.15 bits per heavy atom. The van der Waals surface area contributed by atoms with E-state index in [2.05, 4.69) is 36.3 Å². The summed E-state index contributed by atoms with van der Waals surface area (Å²) >= 11 is 0. The van der Waals surface area contributed by atoms with E-state index in [-0.39, 0.29) is 6.10 Å². The first-order valence-corrected chi connectivity index (χ1v) is 7.33. The van der Waals surface area contributed by atoms with E-state index in [1.807, 2.05) is 19.9 Å². The maximum absolute atomic E-state index is 5.84. The summed E-state index contributed by atoms with van der Waals surface area (Å²) in [5, 5.41) is 3.11. The zero-order chi connectivity index (χ0) is 15.0. The van der Waals surface area contributed by atoms with Gasteiger partial charge in [-0.3, -0.25) is 0 Å². The third-order valence-electron chi connectivity index (χ3n) is 2.84. The Labute approximate surface area is 122 Å². The molecule has 0 atom stereocenters. The summed E-state index contributed by atoms with van der Waals surface area (Å²) < 4.78 is 5.83. The number of nitrogens with zero attached hydrogens (tertiary/aromatic N) is 1. The van der Waals surface area contributed by atoms with Crippen LogP contribution in [0.3, 0.4) is 0 Å². The Morgan fingerprint density at radius 3 is 2.80 bits per heavy atom. The SMILES string of the molecule is CCCCNC(N)=NCc1ccc(C)cc1OC(C)C. The first-order valence-electron chi connectivity index (χ1n) is 7.33. The molecule has 0 bridgehead atoms. The van der Waals surface area contributed by atoms with Gasteiger partial charge >= 0.3 is 0 Å². The van der Waals surface area contributed by atoms with Crippen molar-refractivity contribution in [2.45, 2.75) is 53.2 Å². The number of hydrogen-bond acceptors (Lipinski definition) is 2. The van der Waals surface area contributed by atoms with Crippen LogP contribution >= 0.6 is 0 Å². The van der Waals surface area contributed by atoms with Crippen molar-refractivity contribution in [1.29, 1.82) is 0 Å². The fraction of sp³-hybridized carbons (Fsp3) is 0.562. The Bertz CT molecular complexity index is 441. The smallest absolute Gasteiger partial charge is 0.188 e. The lowest BCUT2D eigenvalue weighted by atomic mass is 10.1. The molecule has 1 aromatic carbocycles. The van der Waals surface area contributed by atoms with Crippen LogP contribution in [0.2, 0.25) is 0 Å². The van der Waals surface area contributed by atoms with E-state index in [0.29, 0.717) is 12.5 Å². The minimum absolute atomic E-state index is 0.152. The van der Waals surface area contributed by atoms with Gasteiger partial charge in [0.15, 0.2) is 5.96 Å². The van der Waals surface area contributed by atoms with Crippen LogP contribution in [-0.4, -0.2) is 18.6 Å². The summed E-state index contributed by atoms with van der Waals surface area (Å²) in [6.07, 6.45) is 2.40. The molecule has 0 aliphatic carbocycles. The van der Waals surface area contributed by atoms with Crippen molar-refractivity contribution in [2.24, 2.45) is 10.7 Å². The third kappa shape index (κ3) is 5.95. The molecule has 0 fully saturated rings. The molecule has 0 saturated carbocycles. The topological polar surface area (TPSA) is 59.6 Å². The predicted molar refractivity (Wildman–Crippen MR) is 85.2 cm³/mol. The van der Waals surface area contributed by atoms with Gasteiger partial charge in [0.25, 0.3) is 0 Å². The number of guanidine groups is 1. The summed E-state index contributed by atoms with van der Waals surface area (Å²) in [5.74, 6) is 1.39. The van der Waals surface area contributed by atoms with Crippen molar-refractivity contribution in [3.05, 3.63) is 29.3 Å². The second-order valence-corrected chi connectivity index (χ2v) is 5.26. The summed E-state index contributed by atoms with van der Waals surface area (Å²) in [6, 6.07) is 6.17. The largest absolute Gasteiger partial charge is 0.491 e. The highest BCUT2D eigenvalue weighted by atomic mass is 16.5. The number of rotatable bonds is 7. The average Bonchev–Trinajstić information content (AvgIpc) is 2.37. The molecular weight excluding hydrogens is 250 g/mol. The maximum Gasteiger partial charge on any atom is 0.188 e. The molecule has 0 aliphatic heterocycles. The van der Waals surface area contributed by atoms with Crippen molar-refractivity contribution < 1.29 is 4.74 Å². The molecule has 4 heteroatoms. The standard InChI is InChI=1S/C16H27N3O/c1-5-6-9-18-16(17)19-11-14-8-7-13(4)10-15(14)20-12(2)3/h7-8,10,12H,5-6,9,11H2,1-4H3,(H3,17,18,19). The van der Waals surface area contributed by atoms with E-state index in [1.165, 1.54) is 5.56 Å². The molecule has 4 nitrogen and oxygen atoms in total. The molecule has 0 radical (unpaired) electrons. The van der Waals surface area contributed by atoms with E-state index in [4.69, 9.17) is 10.5 Å². The number of benzene rings is 1. The second kappa shape index (κ2) is 8.46. The third-order valence-corrected chi connectivity index (χ3v) is 2.84. The molecule has 20 heavy (non-hydrogen) atoms. The fourth-order valence-corrected chi connectivity index (χ4v) is 1.78. The van der Waals surface area contributed by atoms with Crippen molar-refractivity contribution in [2.75, 3.05) is 6.54 Å². The van der Waals surface area contributed by atoms with Gasteiger partial charge in [0.1, 0.15) is 5.75 Å². The Hall–Kier alpha value is -1.71. The molecule has 0 aromatic heterocycles.